The summed E-state index contributed by atoms with van der Waals surface area (Å²) in [6, 6.07) is 12.6. The van der Waals surface area contributed by atoms with Gasteiger partial charge in [-0.25, -0.2) is 9.18 Å². The van der Waals surface area contributed by atoms with Gasteiger partial charge in [-0.15, -0.1) is 0 Å². The fourth-order valence-corrected chi connectivity index (χ4v) is 2.02. The van der Waals surface area contributed by atoms with Crippen molar-refractivity contribution in [1.29, 1.82) is 5.26 Å². The van der Waals surface area contributed by atoms with Crippen LogP contribution >= 0.6 is 0 Å². The number of esters is 1. The highest BCUT2D eigenvalue weighted by Crippen LogP contribution is 2.19. The molecular weight excluding hydrogens is 269 g/mol. The van der Waals surface area contributed by atoms with Gasteiger partial charge >= 0.3 is 5.97 Å². The van der Waals surface area contributed by atoms with Crippen LogP contribution in [-0.4, -0.2) is 5.97 Å². The van der Waals surface area contributed by atoms with Gasteiger partial charge in [0.1, 0.15) is 17.6 Å². The first-order valence-corrected chi connectivity index (χ1v) is 6.65. The molecule has 0 N–H and O–H groups in total. The third-order valence-corrected chi connectivity index (χ3v) is 3.03. The van der Waals surface area contributed by atoms with Gasteiger partial charge in [-0.05, 0) is 30.2 Å². The lowest BCUT2D eigenvalue weighted by molar-refractivity contribution is 0.0733. The summed E-state index contributed by atoms with van der Waals surface area (Å²) in [5, 5.41) is 8.67. The second-order valence-corrected chi connectivity index (χ2v) is 4.55. The minimum atomic E-state index is -0.704. The minimum Gasteiger partial charge on any atom is -0.423 e. The van der Waals surface area contributed by atoms with E-state index < -0.39 is 11.8 Å². The van der Waals surface area contributed by atoms with E-state index in [4.69, 9.17) is 10.00 Å². The SMILES string of the molecule is CCCc1ccccc1C(=O)Oc1ccc(C#N)c(F)c1. The van der Waals surface area contributed by atoms with Gasteiger partial charge in [-0.1, -0.05) is 31.5 Å². The van der Waals surface area contributed by atoms with Crippen molar-refractivity contribution in [2.24, 2.45) is 0 Å². The number of hydrogen-bond donors (Lipinski definition) is 0. The summed E-state index contributed by atoms with van der Waals surface area (Å²) in [5.74, 6) is -1.14. The van der Waals surface area contributed by atoms with Gasteiger partial charge in [0.05, 0.1) is 11.1 Å². The van der Waals surface area contributed by atoms with Crippen LogP contribution in [0.25, 0.3) is 0 Å². The molecule has 2 aromatic carbocycles. The van der Waals surface area contributed by atoms with Gasteiger partial charge in [0.25, 0.3) is 0 Å². The van der Waals surface area contributed by atoms with Crippen LogP contribution in [0, 0.1) is 17.1 Å². The number of nitriles is 1. The largest absolute Gasteiger partial charge is 0.423 e. The lowest BCUT2D eigenvalue weighted by atomic mass is 10.0. The number of halogens is 1. The highest BCUT2D eigenvalue weighted by atomic mass is 19.1. The standard InChI is InChI=1S/C17H14FNO2/c1-2-5-12-6-3-4-7-15(12)17(20)21-14-9-8-13(11-19)16(18)10-14/h3-4,6-10H,2,5H2,1H3. The molecule has 3 nitrogen and oxygen atoms in total. The highest BCUT2D eigenvalue weighted by molar-refractivity contribution is 5.92. The van der Waals surface area contributed by atoms with Crippen LogP contribution in [0.3, 0.4) is 0 Å². The van der Waals surface area contributed by atoms with Crippen LogP contribution in [0.5, 0.6) is 5.75 Å². The van der Waals surface area contributed by atoms with Crippen LogP contribution in [0.1, 0.15) is 34.8 Å². The van der Waals surface area contributed by atoms with Gasteiger partial charge in [0.15, 0.2) is 0 Å². The maximum absolute atomic E-state index is 13.5. The quantitative estimate of drug-likeness (QED) is 0.632. The number of carbonyl (C=O) groups excluding carboxylic acids is 1. The molecule has 4 heteroatoms. The van der Waals surface area contributed by atoms with Crippen molar-refractivity contribution in [3.05, 3.63) is 65.0 Å². The molecule has 21 heavy (non-hydrogen) atoms. The number of ether oxygens (including phenoxy) is 1. The Kier molecular flexibility index (Phi) is 4.68. The molecule has 0 radical (unpaired) electrons. The van der Waals surface area contributed by atoms with Crippen molar-refractivity contribution in [3.8, 4) is 11.8 Å². The Morgan fingerprint density at radius 2 is 2.05 bits per heavy atom. The molecule has 0 saturated heterocycles. The van der Waals surface area contributed by atoms with E-state index in [1.54, 1.807) is 18.2 Å². The predicted molar refractivity (Wildman–Crippen MR) is 76.5 cm³/mol. The first kappa shape index (κ1) is 14.7. The van der Waals surface area contributed by atoms with E-state index in [0.717, 1.165) is 24.5 Å². The number of hydrogen-bond acceptors (Lipinski definition) is 3. The number of nitrogens with zero attached hydrogens (tertiary/aromatic N) is 1. The summed E-state index contributed by atoms with van der Waals surface area (Å²) < 4.78 is 18.7. The molecule has 0 spiro atoms. The fraction of sp³-hybridized carbons (Fsp3) is 0.176. The zero-order valence-corrected chi connectivity index (χ0v) is 11.6. The Balaban J connectivity index is 2.22. The molecule has 2 aromatic rings. The molecule has 0 aliphatic carbocycles. The summed E-state index contributed by atoms with van der Waals surface area (Å²) in [7, 11) is 0. The van der Waals surface area contributed by atoms with Crippen LogP contribution in [0.15, 0.2) is 42.5 Å². The van der Waals surface area contributed by atoms with Crippen LogP contribution in [0.2, 0.25) is 0 Å². The van der Waals surface area contributed by atoms with Crippen LogP contribution < -0.4 is 4.74 Å². The summed E-state index contributed by atoms with van der Waals surface area (Å²) >= 11 is 0. The zero-order chi connectivity index (χ0) is 15.2. The van der Waals surface area contributed by atoms with E-state index in [1.165, 1.54) is 12.1 Å². The lowest BCUT2D eigenvalue weighted by Gasteiger charge is -2.09. The normalized spacial score (nSPS) is 9.95. The Bertz CT molecular complexity index is 704. The van der Waals surface area contributed by atoms with Crippen LogP contribution in [-0.2, 0) is 6.42 Å². The van der Waals surface area contributed by atoms with E-state index in [-0.39, 0.29) is 11.3 Å². The first-order valence-electron chi connectivity index (χ1n) is 6.65. The second kappa shape index (κ2) is 6.67. The second-order valence-electron chi connectivity index (χ2n) is 4.55. The molecule has 0 amide bonds. The summed E-state index contributed by atoms with van der Waals surface area (Å²) in [5.41, 5.74) is 1.30. The average molecular weight is 283 g/mol. The predicted octanol–water partition coefficient (Wildman–Crippen LogP) is 3.87. The zero-order valence-electron chi connectivity index (χ0n) is 11.6. The molecule has 2 rings (SSSR count). The number of aryl methyl sites for hydroxylation is 1. The Hall–Kier alpha value is -2.67. The van der Waals surface area contributed by atoms with E-state index >= 15 is 0 Å². The molecule has 0 aliphatic rings. The molecule has 0 aromatic heterocycles. The number of carbonyl (C=O) groups is 1. The van der Waals surface area contributed by atoms with E-state index in [9.17, 15) is 9.18 Å². The topological polar surface area (TPSA) is 50.1 Å². The van der Waals surface area contributed by atoms with Crippen molar-refractivity contribution in [2.75, 3.05) is 0 Å². The first-order chi connectivity index (χ1) is 10.2. The minimum absolute atomic E-state index is 0.0822. The van der Waals surface area contributed by atoms with Gasteiger partial charge in [-0.3, -0.25) is 0 Å². The summed E-state index contributed by atoms with van der Waals surface area (Å²) in [6.07, 6.45) is 1.68. The number of benzene rings is 2. The van der Waals surface area contributed by atoms with Gasteiger partial charge in [0.2, 0.25) is 0 Å². The molecule has 0 fully saturated rings. The van der Waals surface area contributed by atoms with Crippen molar-refractivity contribution in [3.63, 3.8) is 0 Å². The smallest absolute Gasteiger partial charge is 0.343 e. The molecule has 0 bridgehead atoms. The van der Waals surface area contributed by atoms with Crippen molar-refractivity contribution in [1.82, 2.24) is 0 Å². The van der Waals surface area contributed by atoms with E-state index in [0.29, 0.717) is 5.56 Å². The van der Waals surface area contributed by atoms with E-state index in [2.05, 4.69) is 0 Å². The van der Waals surface area contributed by atoms with Crippen molar-refractivity contribution in [2.45, 2.75) is 19.8 Å². The van der Waals surface area contributed by atoms with Crippen molar-refractivity contribution >= 4 is 5.97 Å². The van der Waals surface area contributed by atoms with Gasteiger partial charge < -0.3 is 4.74 Å². The maximum atomic E-state index is 13.5. The molecule has 0 unspecified atom stereocenters. The molecule has 106 valence electrons. The molecule has 0 heterocycles. The Morgan fingerprint density at radius 3 is 2.71 bits per heavy atom. The molecule has 0 atom stereocenters. The molecule has 0 saturated carbocycles. The Morgan fingerprint density at radius 1 is 1.29 bits per heavy atom. The van der Waals surface area contributed by atoms with Gasteiger partial charge in [-0.2, -0.15) is 5.26 Å². The maximum Gasteiger partial charge on any atom is 0.343 e. The highest BCUT2D eigenvalue weighted by Gasteiger charge is 2.14. The lowest BCUT2D eigenvalue weighted by Crippen LogP contribution is -2.11. The summed E-state index contributed by atoms with van der Waals surface area (Å²) in [4.78, 5) is 12.2. The average Bonchev–Trinajstić information content (AvgIpc) is 2.48. The Labute approximate surface area is 122 Å². The molecular formula is C17H14FNO2. The molecule has 0 aliphatic heterocycles. The summed E-state index contributed by atoms with van der Waals surface area (Å²) in [6.45, 7) is 2.03. The van der Waals surface area contributed by atoms with Gasteiger partial charge in [0, 0.05) is 6.07 Å². The number of rotatable bonds is 4. The van der Waals surface area contributed by atoms with E-state index in [1.807, 2.05) is 19.1 Å². The fourth-order valence-electron chi connectivity index (χ4n) is 2.02. The monoisotopic (exact) mass is 283 g/mol. The third-order valence-electron chi connectivity index (χ3n) is 3.03. The third kappa shape index (κ3) is 3.46. The van der Waals surface area contributed by atoms with Crippen LogP contribution in [0.4, 0.5) is 4.39 Å². The van der Waals surface area contributed by atoms with Crippen molar-refractivity contribution < 1.29 is 13.9 Å².